The van der Waals surface area contributed by atoms with E-state index in [-0.39, 0.29) is 17.8 Å². The van der Waals surface area contributed by atoms with Crippen LogP contribution in [0.15, 0.2) is 48.5 Å². The Kier molecular flexibility index (Phi) is 4.63. The fourth-order valence-electron chi connectivity index (χ4n) is 1.86. The van der Waals surface area contributed by atoms with Crippen LogP contribution in [0.5, 0.6) is 0 Å². The maximum absolute atomic E-state index is 12.4. The number of alkyl halides is 3. The zero-order valence-corrected chi connectivity index (χ0v) is 11.6. The minimum absolute atomic E-state index is 0.0136. The Balaban J connectivity index is 2.02. The smallest absolute Gasteiger partial charge is 0.348 e. The summed E-state index contributed by atoms with van der Waals surface area (Å²) in [6.45, 7) is 0.0136. The van der Waals surface area contributed by atoms with Crippen LogP contribution in [0, 0.1) is 10.1 Å². The summed E-state index contributed by atoms with van der Waals surface area (Å²) in [6, 6.07) is 9.55. The second kappa shape index (κ2) is 6.47. The molecular formula is C15H11F3N2O3. The number of nitrogens with zero attached hydrogens (tertiary/aromatic N) is 1. The van der Waals surface area contributed by atoms with E-state index in [9.17, 15) is 28.1 Å². The first-order valence-electron chi connectivity index (χ1n) is 6.46. The van der Waals surface area contributed by atoms with Gasteiger partial charge in [0, 0.05) is 24.2 Å². The average molecular weight is 324 g/mol. The van der Waals surface area contributed by atoms with Crippen molar-refractivity contribution in [2.24, 2.45) is 0 Å². The van der Waals surface area contributed by atoms with Crippen molar-refractivity contribution in [3.63, 3.8) is 0 Å². The molecule has 0 atom stereocenters. The molecule has 8 heteroatoms. The molecule has 0 aliphatic carbocycles. The molecular weight excluding hydrogens is 313 g/mol. The predicted octanol–water partition coefficient (Wildman–Crippen LogP) is 3.54. The van der Waals surface area contributed by atoms with Gasteiger partial charge >= 0.3 is 6.18 Å². The Hall–Kier alpha value is -2.90. The van der Waals surface area contributed by atoms with Gasteiger partial charge in [-0.15, -0.1) is 0 Å². The molecule has 0 bridgehead atoms. The van der Waals surface area contributed by atoms with Crippen LogP contribution in [-0.4, -0.2) is 10.8 Å². The predicted molar refractivity (Wildman–Crippen MR) is 75.7 cm³/mol. The minimum Gasteiger partial charge on any atom is -0.348 e. The van der Waals surface area contributed by atoms with E-state index in [1.54, 1.807) is 0 Å². The van der Waals surface area contributed by atoms with E-state index in [2.05, 4.69) is 5.32 Å². The largest absolute Gasteiger partial charge is 0.416 e. The van der Waals surface area contributed by atoms with Gasteiger partial charge in [-0.05, 0) is 23.8 Å². The number of benzene rings is 2. The highest BCUT2D eigenvalue weighted by Crippen LogP contribution is 2.29. The van der Waals surface area contributed by atoms with Crippen LogP contribution in [-0.2, 0) is 12.7 Å². The van der Waals surface area contributed by atoms with Crippen molar-refractivity contribution in [2.75, 3.05) is 0 Å². The summed E-state index contributed by atoms with van der Waals surface area (Å²) in [4.78, 5) is 21.9. The molecule has 2 aromatic carbocycles. The van der Waals surface area contributed by atoms with Gasteiger partial charge in [-0.25, -0.2) is 0 Å². The number of nitrogens with one attached hydrogen (secondary N) is 1. The SMILES string of the molecule is O=C(NCc1ccc(C(F)(F)F)cc1)c1cccc([N+](=O)[O-])c1. The van der Waals surface area contributed by atoms with Crippen LogP contribution in [0.4, 0.5) is 18.9 Å². The van der Waals surface area contributed by atoms with E-state index in [0.29, 0.717) is 5.56 Å². The number of non-ortho nitro benzene ring substituents is 1. The second-order valence-electron chi connectivity index (χ2n) is 4.68. The maximum Gasteiger partial charge on any atom is 0.416 e. The molecule has 0 radical (unpaired) electrons. The molecule has 2 rings (SSSR count). The van der Waals surface area contributed by atoms with E-state index < -0.39 is 22.6 Å². The number of hydrogen-bond donors (Lipinski definition) is 1. The highest BCUT2D eigenvalue weighted by atomic mass is 19.4. The standard InChI is InChI=1S/C15H11F3N2O3/c16-15(17,18)12-6-4-10(5-7-12)9-19-14(21)11-2-1-3-13(8-11)20(22)23/h1-8H,9H2,(H,19,21). The summed E-state index contributed by atoms with van der Waals surface area (Å²) in [7, 11) is 0. The molecule has 0 aliphatic rings. The van der Waals surface area contributed by atoms with Gasteiger partial charge in [-0.1, -0.05) is 18.2 Å². The van der Waals surface area contributed by atoms with Crippen molar-refractivity contribution < 1.29 is 22.9 Å². The summed E-state index contributed by atoms with van der Waals surface area (Å²) in [5.74, 6) is -0.548. The fourth-order valence-corrected chi connectivity index (χ4v) is 1.86. The molecule has 1 amide bonds. The van der Waals surface area contributed by atoms with Gasteiger partial charge in [0.1, 0.15) is 0 Å². The molecule has 0 fully saturated rings. The third kappa shape index (κ3) is 4.29. The first-order chi connectivity index (χ1) is 10.8. The van der Waals surface area contributed by atoms with Crippen molar-refractivity contribution in [1.82, 2.24) is 5.32 Å². The second-order valence-corrected chi connectivity index (χ2v) is 4.68. The topological polar surface area (TPSA) is 72.2 Å². The lowest BCUT2D eigenvalue weighted by atomic mass is 10.1. The summed E-state index contributed by atoms with van der Waals surface area (Å²) in [5, 5.41) is 13.1. The number of hydrogen-bond acceptors (Lipinski definition) is 3. The number of halogens is 3. The third-order valence-electron chi connectivity index (χ3n) is 3.05. The lowest BCUT2D eigenvalue weighted by molar-refractivity contribution is -0.384. The van der Waals surface area contributed by atoms with Gasteiger partial charge in [0.25, 0.3) is 11.6 Å². The molecule has 0 saturated carbocycles. The van der Waals surface area contributed by atoms with Crippen molar-refractivity contribution in [3.05, 3.63) is 75.3 Å². The van der Waals surface area contributed by atoms with Crippen molar-refractivity contribution in [3.8, 4) is 0 Å². The van der Waals surface area contributed by atoms with Crippen molar-refractivity contribution >= 4 is 11.6 Å². The Bertz CT molecular complexity index is 727. The highest BCUT2D eigenvalue weighted by Gasteiger charge is 2.29. The Labute approximate surface area is 128 Å². The van der Waals surface area contributed by atoms with Gasteiger partial charge in [0.05, 0.1) is 10.5 Å². The molecule has 0 aromatic heterocycles. The number of carbonyl (C=O) groups excluding carboxylic acids is 1. The van der Waals surface area contributed by atoms with E-state index >= 15 is 0 Å². The molecule has 23 heavy (non-hydrogen) atoms. The van der Waals surface area contributed by atoms with Crippen LogP contribution in [0.2, 0.25) is 0 Å². The van der Waals surface area contributed by atoms with Gasteiger partial charge in [0.2, 0.25) is 0 Å². The zero-order valence-electron chi connectivity index (χ0n) is 11.6. The number of nitro benzene ring substituents is 1. The summed E-state index contributed by atoms with van der Waals surface area (Å²) in [5.41, 5.74) is -0.402. The number of carbonyl (C=O) groups is 1. The summed E-state index contributed by atoms with van der Waals surface area (Å²) < 4.78 is 37.3. The molecule has 120 valence electrons. The van der Waals surface area contributed by atoms with Crippen LogP contribution < -0.4 is 5.32 Å². The van der Waals surface area contributed by atoms with Gasteiger partial charge in [0.15, 0.2) is 0 Å². The Morgan fingerprint density at radius 1 is 1.13 bits per heavy atom. The van der Waals surface area contributed by atoms with Crippen molar-refractivity contribution in [1.29, 1.82) is 0 Å². The molecule has 0 unspecified atom stereocenters. The average Bonchev–Trinajstić information content (AvgIpc) is 2.52. The first-order valence-corrected chi connectivity index (χ1v) is 6.46. The maximum atomic E-state index is 12.4. The molecule has 0 saturated heterocycles. The van der Waals surface area contributed by atoms with E-state index in [0.717, 1.165) is 18.2 Å². The van der Waals surface area contributed by atoms with Gasteiger partial charge < -0.3 is 5.32 Å². The molecule has 1 N–H and O–H groups in total. The fraction of sp³-hybridized carbons (Fsp3) is 0.133. The number of amides is 1. The molecule has 0 heterocycles. The molecule has 5 nitrogen and oxygen atoms in total. The van der Waals surface area contributed by atoms with Crippen LogP contribution in [0.3, 0.4) is 0 Å². The minimum atomic E-state index is -4.41. The molecule has 2 aromatic rings. The number of nitro groups is 1. The Morgan fingerprint density at radius 2 is 1.78 bits per heavy atom. The quantitative estimate of drug-likeness (QED) is 0.690. The Morgan fingerprint density at radius 3 is 2.35 bits per heavy atom. The lowest BCUT2D eigenvalue weighted by Gasteiger charge is -2.08. The van der Waals surface area contributed by atoms with E-state index in [1.165, 1.54) is 30.3 Å². The molecule has 0 spiro atoms. The third-order valence-corrected chi connectivity index (χ3v) is 3.05. The lowest BCUT2D eigenvalue weighted by Crippen LogP contribution is -2.22. The van der Waals surface area contributed by atoms with Crippen LogP contribution >= 0.6 is 0 Å². The van der Waals surface area contributed by atoms with Crippen molar-refractivity contribution in [2.45, 2.75) is 12.7 Å². The normalized spacial score (nSPS) is 11.1. The first kappa shape index (κ1) is 16.5. The van der Waals surface area contributed by atoms with Gasteiger partial charge in [-0.3, -0.25) is 14.9 Å². The van der Waals surface area contributed by atoms with Gasteiger partial charge in [-0.2, -0.15) is 13.2 Å². The summed E-state index contributed by atoms with van der Waals surface area (Å²) >= 11 is 0. The monoisotopic (exact) mass is 324 g/mol. The van der Waals surface area contributed by atoms with Crippen LogP contribution in [0.25, 0.3) is 0 Å². The van der Waals surface area contributed by atoms with E-state index in [1.807, 2.05) is 0 Å². The number of rotatable bonds is 4. The van der Waals surface area contributed by atoms with E-state index in [4.69, 9.17) is 0 Å². The molecule has 0 aliphatic heterocycles. The zero-order chi connectivity index (χ0) is 17.0. The highest BCUT2D eigenvalue weighted by molar-refractivity contribution is 5.94. The van der Waals surface area contributed by atoms with Crippen LogP contribution in [0.1, 0.15) is 21.5 Å². The summed E-state index contributed by atoms with van der Waals surface area (Å²) in [6.07, 6.45) is -4.41.